The molecule has 2 N–H and O–H groups in total. The number of rotatable bonds is 2. The molecule has 2 aromatic rings. The van der Waals surface area contributed by atoms with Crippen LogP contribution in [0.5, 0.6) is 11.5 Å². The van der Waals surface area contributed by atoms with Gasteiger partial charge >= 0.3 is 12.4 Å². The molecule has 0 amide bonds. The summed E-state index contributed by atoms with van der Waals surface area (Å²) in [5.41, 5.74) is 1.28. The largest absolute Gasteiger partial charge is 0.507 e. The summed E-state index contributed by atoms with van der Waals surface area (Å²) >= 11 is 0. The van der Waals surface area contributed by atoms with Crippen LogP contribution in [0.1, 0.15) is 11.1 Å². The van der Waals surface area contributed by atoms with Gasteiger partial charge in [-0.15, -0.1) is 0 Å². The molecule has 2 rings (SSSR count). The molecule has 0 aliphatic heterocycles. The Morgan fingerprint density at radius 3 is 1.53 bits per heavy atom. The molecule has 0 heterocycles. The fourth-order valence-electron chi connectivity index (χ4n) is 1.39. The molecule has 0 saturated carbocycles. The Hall–Kier alpha value is -2.51. The van der Waals surface area contributed by atoms with Crippen LogP contribution in [0, 0.1) is 0 Å². The first-order chi connectivity index (χ1) is 8.27. The van der Waals surface area contributed by atoms with Gasteiger partial charge in [-0.25, -0.2) is 0 Å². The van der Waals surface area contributed by atoms with E-state index < -0.39 is 0 Å². The lowest BCUT2D eigenvalue weighted by Gasteiger charge is -1.90. The third-order valence-electron chi connectivity index (χ3n) is 2.30. The van der Waals surface area contributed by atoms with Gasteiger partial charge in [0, 0.05) is 0 Å². The van der Waals surface area contributed by atoms with E-state index in [-0.39, 0.29) is 11.5 Å². The Morgan fingerprint density at radius 1 is 0.706 bits per heavy atom. The predicted octanol–water partition coefficient (Wildman–Crippen LogP) is 1.70. The highest BCUT2D eigenvalue weighted by Crippen LogP contribution is 2.13. The lowest BCUT2D eigenvalue weighted by atomic mass is 10.2. The molecule has 0 bridgehead atoms. The number of hydrogen-bond donors (Lipinski definition) is 2. The maximum atomic E-state index is 9.51. The molecule has 17 heavy (non-hydrogen) atoms. The van der Waals surface area contributed by atoms with Crippen molar-refractivity contribution in [3.63, 3.8) is 0 Å². The van der Waals surface area contributed by atoms with Gasteiger partial charge in [0.1, 0.15) is 11.5 Å². The molecule has 0 spiro atoms. The van der Waals surface area contributed by atoms with E-state index in [0.29, 0.717) is 11.1 Å². The molecule has 3 heteroatoms. The highest BCUT2D eigenvalue weighted by atomic mass is 16.3. The number of hydrogen-bond acceptors (Lipinski definition) is 2. The first-order valence-corrected chi connectivity index (χ1v) is 5.20. The quantitative estimate of drug-likeness (QED) is 0.605. The average Bonchev–Trinajstić information content (AvgIpc) is 2.34. The van der Waals surface area contributed by atoms with Crippen LogP contribution in [0.15, 0.2) is 48.5 Å². The topological polar surface area (TPSA) is 54.6 Å². The summed E-state index contributed by atoms with van der Waals surface area (Å²) in [6, 6.07) is 13.9. The Bertz CT molecular complexity index is 535. The van der Waals surface area contributed by atoms with Gasteiger partial charge in [-0.05, 0) is 24.3 Å². The van der Waals surface area contributed by atoms with Crippen molar-refractivity contribution in [2.75, 3.05) is 0 Å². The number of benzene rings is 2. The molecule has 2 aromatic carbocycles. The van der Waals surface area contributed by atoms with Gasteiger partial charge < -0.3 is 10.2 Å². The lowest BCUT2D eigenvalue weighted by Crippen LogP contribution is -1.89. The van der Waals surface area contributed by atoms with Crippen molar-refractivity contribution in [1.82, 2.24) is 4.67 Å². The number of aromatic hydroxyl groups is 2. The lowest BCUT2D eigenvalue weighted by molar-refractivity contribution is 0.474. The monoisotopic (exact) mass is 226 g/mol. The van der Waals surface area contributed by atoms with Gasteiger partial charge in [-0.1, -0.05) is 28.9 Å². The summed E-state index contributed by atoms with van der Waals surface area (Å²) in [6.45, 7) is 0. The highest BCUT2D eigenvalue weighted by Gasteiger charge is 2.01. The van der Waals surface area contributed by atoms with Gasteiger partial charge in [0.05, 0.1) is 11.1 Å². The summed E-state index contributed by atoms with van der Waals surface area (Å²) in [7, 11) is 0. The predicted molar refractivity (Wildman–Crippen MR) is 68.7 cm³/mol. The maximum Gasteiger partial charge on any atom is 0.303 e. The smallest absolute Gasteiger partial charge is 0.303 e. The Morgan fingerprint density at radius 2 is 1.12 bits per heavy atom. The molecule has 0 aliphatic rings. The van der Waals surface area contributed by atoms with Crippen molar-refractivity contribution in [2.45, 2.75) is 0 Å². The molecule has 0 fully saturated rings. The number of phenols is 2. The Labute approximate surface area is 99.0 Å². The van der Waals surface area contributed by atoms with Crippen LogP contribution < -0.4 is 4.67 Å². The van der Waals surface area contributed by atoms with Gasteiger partial charge in [0.2, 0.25) is 0 Å². The van der Waals surface area contributed by atoms with Crippen molar-refractivity contribution in [1.29, 1.82) is 0 Å². The van der Waals surface area contributed by atoms with E-state index in [4.69, 9.17) is 0 Å². The Balaban J connectivity index is 2.28. The van der Waals surface area contributed by atoms with E-state index in [1.165, 1.54) is 0 Å². The van der Waals surface area contributed by atoms with E-state index in [1.807, 2.05) is 12.1 Å². The van der Waals surface area contributed by atoms with Gasteiger partial charge in [-0.3, -0.25) is 0 Å². The van der Waals surface area contributed by atoms with E-state index >= 15 is 0 Å². The maximum absolute atomic E-state index is 9.51. The highest BCUT2D eigenvalue weighted by molar-refractivity contribution is 5.89. The standard InChI is InChI=1S/C14H11NO2/c16-13-7-3-1-5-11(13)9-15-10-12-6-2-4-8-14(12)17/h1-10H,(H,15,16,17)/p+1. The van der Waals surface area contributed by atoms with Crippen molar-refractivity contribution in [3.05, 3.63) is 59.7 Å². The van der Waals surface area contributed by atoms with Gasteiger partial charge in [0.15, 0.2) is 0 Å². The molecule has 0 radical (unpaired) electrons. The first kappa shape index (κ1) is 11.0. The molecule has 0 unspecified atom stereocenters. The minimum atomic E-state index is 0.182. The minimum Gasteiger partial charge on any atom is -0.507 e. The minimum absolute atomic E-state index is 0.182. The van der Waals surface area contributed by atoms with Gasteiger partial charge in [-0.2, -0.15) is 0 Å². The fourth-order valence-corrected chi connectivity index (χ4v) is 1.39. The summed E-state index contributed by atoms with van der Waals surface area (Å²) in [4.78, 5) is 0. The molecular weight excluding hydrogens is 214 g/mol. The van der Waals surface area contributed by atoms with Crippen molar-refractivity contribution >= 4 is 12.4 Å². The second-order valence-corrected chi connectivity index (χ2v) is 3.52. The van der Waals surface area contributed by atoms with Crippen molar-refractivity contribution in [2.24, 2.45) is 0 Å². The molecule has 0 saturated heterocycles. The second-order valence-electron chi connectivity index (χ2n) is 3.52. The summed E-state index contributed by atoms with van der Waals surface area (Å²) < 4.78 is 4.06. The van der Waals surface area contributed by atoms with Crippen LogP contribution in [0.2, 0.25) is 0 Å². The normalized spacial score (nSPS) is 9.41. The van der Waals surface area contributed by atoms with E-state index in [0.717, 1.165) is 0 Å². The molecule has 0 aromatic heterocycles. The third kappa shape index (κ3) is 2.74. The fraction of sp³-hybridized carbons (Fsp3) is 0. The molecule has 3 nitrogen and oxygen atoms in total. The number of nitrogens with zero attached hydrogens (tertiary/aromatic N) is 1. The van der Waals surface area contributed by atoms with Crippen LogP contribution >= 0.6 is 0 Å². The zero-order valence-corrected chi connectivity index (χ0v) is 9.12. The number of para-hydroxylation sites is 2. The SMILES string of the molecule is Oc1ccccc1C=[N+]=Cc1ccccc1O. The van der Waals surface area contributed by atoms with Gasteiger partial charge in [0.25, 0.3) is 0 Å². The van der Waals surface area contributed by atoms with Crippen LogP contribution in [-0.2, 0) is 0 Å². The summed E-state index contributed by atoms with van der Waals surface area (Å²) in [6.07, 6.45) is 3.09. The van der Waals surface area contributed by atoms with E-state index in [9.17, 15) is 10.2 Å². The zero-order chi connectivity index (χ0) is 12.1. The summed E-state index contributed by atoms with van der Waals surface area (Å²) in [5.74, 6) is 0.365. The van der Waals surface area contributed by atoms with Crippen molar-refractivity contribution < 1.29 is 10.2 Å². The number of phenolic OH excluding ortho intramolecular Hbond substituents is 2. The Kier molecular flexibility index (Phi) is 3.24. The molecule has 84 valence electrons. The van der Waals surface area contributed by atoms with Crippen LogP contribution in [0.4, 0.5) is 0 Å². The molecular formula is C14H12NO2+. The first-order valence-electron chi connectivity index (χ1n) is 5.20. The van der Waals surface area contributed by atoms with Crippen LogP contribution in [0.3, 0.4) is 0 Å². The summed E-state index contributed by atoms with van der Waals surface area (Å²) in [5, 5.41) is 19.0. The zero-order valence-electron chi connectivity index (χ0n) is 9.12. The van der Waals surface area contributed by atoms with Crippen molar-refractivity contribution in [3.8, 4) is 11.5 Å². The van der Waals surface area contributed by atoms with Crippen LogP contribution in [0.25, 0.3) is 0 Å². The third-order valence-corrected chi connectivity index (χ3v) is 2.30. The second kappa shape index (κ2) is 5.01. The van der Waals surface area contributed by atoms with E-state index in [2.05, 4.69) is 4.67 Å². The molecule has 0 aliphatic carbocycles. The van der Waals surface area contributed by atoms with E-state index in [1.54, 1.807) is 48.8 Å². The molecule has 0 atom stereocenters. The average molecular weight is 226 g/mol. The van der Waals surface area contributed by atoms with Crippen LogP contribution in [-0.4, -0.2) is 22.6 Å².